The number of aromatic nitrogens is 2. The van der Waals surface area contributed by atoms with Gasteiger partial charge in [0.1, 0.15) is 5.82 Å². The van der Waals surface area contributed by atoms with E-state index in [-0.39, 0.29) is 35.7 Å². The second-order valence-corrected chi connectivity index (χ2v) is 7.63. The molecule has 3 aromatic rings. The molecule has 0 unspecified atom stereocenters. The lowest BCUT2D eigenvalue weighted by atomic mass is 10.0. The fourth-order valence-electron chi connectivity index (χ4n) is 3.71. The predicted molar refractivity (Wildman–Crippen MR) is 122 cm³/mol. The van der Waals surface area contributed by atoms with Crippen LogP contribution in [0.1, 0.15) is 22.3 Å². The predicted octanol–water partition coefficient (Wildman–Crippen LogP) is 3.68. The zero-order chi connectivity index (χ0) is 23.0. The Bertz CT molecular complexity index is 1140. The number of anilines is 1. The van der Waals surface area contributed by atoms with Gasteiger partial charge in [-0.15, -0.1) is 0 Å². The van der Waals surface area contributed by atoms with Crippen molar-refractivity contribution < 1.29 is 13.9 Å². The number of morpholine rings is 1. The molecule has 4 rings (SSSR count). The minimum atomic E-state index is -0.468. The Morgan fingerprint density at radius 1 is 1.12 bits per heavy atom. The maximum atomic E-state index is 14.8. The highest BCUT2D eigenvalue weighted by Gasteiger charge is 2.25. The molecule has 1 aliphatic rings. The van der Waals surface area contributed by atoms with E-state index in [1.54, 1.807) is 23.1 Å². The molecule has 0 aliphatic carbocycles. The summed E-state index contributed by atoms with van der Waals surface area (Å²) >= 11 is 0. The first-order valence-corrected chi connectivity index (χ1v) is 10.8. The van der Waals surface area contributed by atoms with Crippen LogP contribution in [0.5, 0.6) is 0 Å². The van der Waals surface area contributed by atoms with Crippen LogP contribution >= 0.6 is 0 Å². The maximum absolute atomic E-state index is 14.8. The van der Waals surface area contributed by atoms with Gasteiger partial charge in [-0.1, -0.05) is 42.5 Å². The van der Waals surface area contributed by atoms with E-state index >= 15 is 0 Å². The molecular weight excluding hydrogens is 421 g/mol. The smallest absolute Gasteiger partial charge is 0.257 e. The highest BCUT2D eigenvalue weighted by Crippen LogP contribution is 2.27. The number of rotatable bonds is 7. The van der Waals surface area contributed by atoms with Gasteiger partial charge in [0, 0.05) is 37.9 Å². The average Bonchev–Trinajstić information content (AvgIpc) is 2.87. The second-order valence-electron chi connectivity index (χ2n) is 7.63. The second kappa shape index (κ2) is 10.7. The van der Waals surface area contributed by atoms with Gasteiger partial charge in [0.15, 0.2) is 0 Å². The highest BCUT2D eigenvalue weighted by atomic mass is 19.1. The van der Waals surface area contributed by atoms with E-state index in [0.29, 0.717) is 38.8 Å². The van der Waals surface area contributed by atoms with Crippen LogP contribution in [0.2, 0.25) is 0 Å². The lowest BCUT2D eigenvalue weighted by molar-refractivity contribution is 0.0746. The lowest BCUT2D eigenvalue weighted by Crippen LogP contribution is -2.38. The van der Waals surface area contributed by atoms with Gasteiger partial charge in [0.25, 0.3) is 5.91 Å². The van der Waals surface area contributed by atoms with Crippen molar-refractivity contribution in [2.75, 3.05) is 37.7 Å². The van der Waals surface area contributed by atoms with Gasteiger partial charge in [0.05, 0.1) is 37.0 Å². The van der Waals surface area contributed by atoms with E-state index in [1.807, 2.05) is 35.2 Å². The molecule has 0 saturated carbocycles. The number of hydrogen-bond acceptors (Lipinski definition) is 6. The fraction of sp³-hybridized carbons (Fsp3) is 0.280. The Kier molecular flexibility index (Phi) is 7.22. The average molecular weight is 445 g/mol. The summed E-state index contributed by atoms with van der Waals surface area (Å²) in [6.07, 6.45) is 1.65. The number of hydrogen-bond donors (Lipinski definition) is 0. The van der Waals surface area contributed by atoms with Crippen LogP contribution in [-0.4, -0.2) is 53.6 Å². The number of carbonyl (C=O) groups is 1. The molecule has 2 heterocycles. The van der Waals surface area contributed by atoms with Crippen molar-refractivity contribution in [2.24, 2.45) is 0 Å². The SMILES string of the molecule is N#CCCN(Cc1ccccc1)C(=O)c1cnc(N2CCOCC2)nc1-c1ccccc1F. The van der Waals surface area contributed by atoms with Gasteiger partial charge >= 0.3 is 0 Å². The summed E-state index contributed by atoms with van der Waals surface area (Å²) in [5, 5.41) is 9.11. The Balaban J connectivity index is 1.74. The fourth-order valence-corrected chi connectivity index (χ4v) is 3.71. The molecule has 33 heavy (non-hydrogen) atoms. The molecule has 1 amide bonds. The highest BCUT2D eigenvalue weighted by molar-refractivity contribution is 6.00. The van der Waals surface area contributed by atoms with Crippen LogP contribution in [0.15, 0.2) is 60.8 Å². The molecule has 2 aromatic carbocycles. The summed E-state index contributed by atoms with van der Waals surface area (Å²) in [6, 6.07) is 17.9. The number of nitriles is 1. The number of halogens is 1. The Morgan fingerprint density at radius 2 is 1.85 bits per heavy atom. The number of nitrogens with zero attached hydrogens (tertiary/aromatic N) is 5. The number of amides is 1. The Hall–Kier alpha value is -3.83. The molecule has 0 N–H and O–H groups in total. The lowest BCUT2D eigenvalue weighted by Gasteiger charge is -2.28. The van der Waals surface area contributed by atoms with Crippen molar-refractivity contribution in [1.29, 1.82) is 5.26 Å². The molecule has 168 valence electrons. The van der Waals surface area contributed by atoms with Gasteiger partial charge < -0.3 is 14.5 Å². The van der Waals surface area contributed by atoms with Gasteiger partial charge in [-0.3, -0.25) is 4.79 Å². The molecule has 0 spiro atoms. The summed E-state index contributed by atoms with van der Waals surface area (Å²) in [5.74, 6) is -0.384. The summed E-state index contributed by atoms with van der Waals surface area (Å²) in [4.78, 5) is 26.2. The molecule has 0 bridgehead atoms. The molecule has 1 saturated heterocycles. The van der Waals surface area contributed by atoms with Crippen LogP contribution in [0, 0.1) is 17.1 Å². The van der Waals surface area contributed by atoms with E-state index in [1.165, 1.54) is 12.3 Å². The van der Waals surface area contributed by atoms with Crippen molar-refractivity contribution in [1.82, 2.24) is 14.9 Å². The maximum Gasteiger partial charge on any atom is 0.257 e. The topological polar surface area (TPSA) is 82.4 Å². The van der Waals surface area contributed by atoms with Crippen molar-refractivity contribution >= 4 is 11.9 Å². The summed E-state index contributed by atoms with van der Waals surface area (Å²) in [5.41, 5.74) is 1.61. The van der Waals surface area contributed by atoms with Crippen LogP contribution in [0.3, 0.4) is 0 Å². The molecule has 1 fully saturated rings. The molecule has 7 nitrogen and oxygen atoms in total. The van der Waals surface area contributed by atoms with E-state index in [0.717, 1.165) is 5.56 Å². The number of carbonyl (C=O) groups excluding carboxylic acids is 1. The zero-order valence-electron chi connectivity index (χ0n) is 18.2. The largest absolute Gasteiger partial charge is 0.378 e. The molecule has 0 atom stereocenters. The number of benzene rings is 2. The normalized spacial score (nSPS) is 13.4. The van der Waals surface area contributed by atoms with Crippen molar-refractivity contribution in [3.63, 3.8) is 0 Å². The first-order valence-electron chi connectivity index (χ1n) is 10.8. The summed E-state index contributed by atoms with van der Waals surface area (Å²) in [7, 11) is 0. The molecule has 8 heteroatoms. The van der Waals surface area contributed by atoms with E-state index in [2.05, 4.69) is 16.0 Å². The van der Waals surface area contributed by atoms with Crippen LogP contribution in [-0.2, 0) is 11.3 Å². The molecule has 1 aliphatic heterocycles. The van der Waals surface area contributed by atoms with Crippen LogP contribution in [0.4, 0.5) is 10.3 Å². The minimum absolute atomic E-state index is 0.181. The molecular formula is C25H24FN5O2. The summed E-state index contributed by atoms with van der Waals surface area (Å²) in [6.45, 7) is 2.91. The van der Waals surface area contributed by atoms with Gasteiger partial charge in [-0.25, -0.2) is 14.4 Å². The van der Waals surface area contributed by atoms with Gasteiger partial charge in [-0.05, 0) is 17.7 Å². The van der Waals surface area contributed by atoms with Crippen molar-refractivity contribution in [2.45, 2.75) is 13.0 Å². The van der Waals surface area contributed by atoms with Gasteiger partial charge in [-0.2, -0.15) is 5.26 Å². The Labute approximate surface area is 192 Å². The minimum Gasteiger partial charge on any atom is -0.378 e. The van der Waals surface area contributed by atoms with E-state index in [9.17, 15) is 9.18 Å². The Morgan fingerprint density at radius 3 is 2.58 bits per heavy atom. The van der Waals surface area contributed by atoms with Crippen molar-refractivity contribution in [3.05, 3.63) is 77.7 Å². The summed E-state index contributed by atoms with van der Waals surface area (Å²) < 4.78 is 20.2. The van der Waals surface area contributed by atoms with E-state index < -0.39 is 5.82 Å². The van der Waals surface area contributed by atoms with Gasteiger partial charge in [0.2, 0.25) is 5.95 Å². The first kappa shape index (κ1) is 22.4. The number of ether oxygens (including phenoxy) is 1. The quantitative estimate of drug-likeness (QED) is 0.552. The van der Waals surface area contributed by atoms with Crippen LogP contribution in [0.25, 0.3) is 11.3 Å². The van der Waals surface area contributed by atoms with E-state index in [4.69, 9.17) is 10.00 Å². The molecule has 0 radical (unpaired) electrons. The zero-order valence-corrected chi connectivity index (χ0v) is 18.2. The molecule has 1 aromatic heterocycles. The standard InChI is InChI=1S/C25H24FN5O2/c26-22-10-5-4-9-20(22)23-21(17-28-25(29-23)30-13-15-33-16-14-30)24(32)31(12-6-11-27)18-19-7-2-1-3-8-19/h1-5,7-10,17H,6,12-16,18H2. The third kappa shape index (κ3) is 5.33. The third-order valence-electron chi connectivity index (χ3n) is 5.43. The van der Waals surface area contributed by atoms with Crippen LogP contribution < -0.4 is 4.90 Å². The monoisotopic (exact) mass is 445 g/mol. The third-order valence-corrected chi connectivity index (χ3v) is 5.43. The first-order chi connectivity index (χ1) is 16.2. The van der Waals surface area contributed by atoms with Crippen molar-refractivity contribution in [3.8, 4) is 17.3 Å².